The molecule has 3 heteroatoms. The van der Waals surface area contributed by atoms with Crippen molar-refractivity contribution in [1.29, 1.82) is 0 Å². The largest absolute Gasteiger partial charge is 0.376 e. The maximum atomic E-state index is 11.9. The van der Waals surface area contributed by atoms with Gasteiger partial charge in [-0.15, -0.1) is 0 Å². The topological polar surface area (TPSA) is 41.1 Å². The molecule has 1 aliphatic heterocycles. The smallest absolute Gasteiger partial charge is 0.226 e. The van der Waals surface area contributed by atoms with Crippen molar-refractivity contribution in [3.8, 4) is 0 Å². The summed E-state index contributed by atoms with van der Waals surface area (Å²) in [5.41, 5.74) is 4.18. The summed E-state index contributed by atoms with van der Waals surface area (Å²) in [7, 11) is 0. The number of benzene rings is 2. The Kier molecular flexibility index (Phi) is 2.95. The molecule has 1 atom stereocenters. The highest BCUT2D eigenvalue weighted by Crippen LogP contribution is 2.31. The van der Waals surface area contributed by atoms with Gasteiger partial charge in [0.2, 0.25) is 5.91 Å². The van der Waals surface area contributed by atoms with E-state index in [1.807, 2.05) is 24.3 Å². The van der Waals surface area contributed by atoms with Crippen molar-refractivity contribution in [2.24, 2.45) is 0 Å². The van der Waals surface area contributed by atoms with Gasteiger partial charge in [-0.1, -0.05) is 42.0 Å². The lowest BCUT2D eigenvalue weighted by Gasteiger charge is -2.17. The van der Waals surface area contributed by atoms with Gasteiger partial charge in [-0.25, -0.2) is 0 Å². The number of fused-ring (bicyclic) bond motifs is 1. The van der Waals surface area contributed by atoms with Crippen LogP contribution in [0.2, 0.25) is 0 Å². The molecule has 0 saturated heterocycles. The summed E-state index contributed by atoms with van der Waals surface area (Å²) in [6.45, 7) is 2.06. The molecule has 3 nitrogen and oxygen atoms in total. The van der Waals surface area contributed by atoms with Crippen LogP contribution in [0.15, 0.2) is 48.5 Å². The summed E-state index contributed by atoms with van der Waals surface area (Å²) in [6.07, 6.45) is 0.442. The van der Waals surface area contributed by atoms with E-state index in [0.717, 1.165) is 16.9 Å². The standard InChI is InChI=1S/C16H16N2O/c1-11-6-8-12(9-7-11)15-10-16(19)18-14-5-3-2-4-13(14)17-15/h2-9,15,17H,10H2,1H3,(H,18,19)/t15-/m1/s1. The Morgan fingerprint density at radius 2 is 1.68 bits per heavy atom. The molecular formula is C16H16N2O. The van der Waals surface area contributed by atoms with Crippen LogP contribution in [0.3, 0.4) is 0 Å². The number of aryl methyl sites for hydroxylation is 1. The molecule has 1 heterocycles. The Morgan fingerprint density at radius 3 is 2.42 bits per heavy atom. The van der Waals surface area contributed by atoms with Crippen LogP contribution in [0, 0.1) is 6.92 Å². The van der Waals surface area contributed by atoms with Crippen molar-refractivity contribution >= 4 is 17.3 Å². The molecule has 2 aromatic rings. The van der Waals surface area contributed by atoms with Gasteiger partial charge in [-0.05, 0) is 24.6 Å². The fourth-order valence-electron chi connectivity index (χ4n) is 2.34. The highest BCUT2D eigenvalue weighted by Gasteiger charge is 2.21. The van der Waals surface area contributed by atoms with Gasteiger partial charge in [0.25, 0.3) is 0 Å². The first-order valence-corrected chi connectivity index (χ1v) is 6.44. The van der Waals surface area contributed by atoms with Gasteiger partial charge in [-0.2, -0.15) is 0 Å². The number of hydrogen-bond acceptors (Lipinski definition) is 2. The number of para-hydroxylation sites is 2. The van der Waals surface area contributed by atoms with E-state index in [1.54, 1.807) is 0 Å². The third-order valence-corrected chi connectivity index (χ3v) is 3.40. The normalized spacial score (nSPS) is 17.9. The SMILES string of the molecule is Cc1ccc([C@H]2CC(=O)Nc3ccccc3N2)cc1. The minimum atomic E-state index is 0.0178. The Balaban J connectivity index is 1.95. The zero-order valence-corrected chi connectivity index (χ0v) is 10.8. The number of rotatable bonds is 1. The second-order valence-electron chi connectivity index (χ2n) is 4.91. The van der Waals surface area contributed by atoms with Gasteiger partial charge in [0.1, 0.15) is 0 Å². The van der Waals surface area contributed by atoms with E-state index in [2.05, 4.69) is 41.8 Å². The summed E-state index contributed by atoms with van der Waals surface area (Å²) in [6, 6.07) is 16.1. The number of anilines is 2. The van der Waals surface area contributed by atoms with Gasteiger partial charge in [0.15, 0.2) is 0 Å². The third-order valence-electron chi connectivity index (χ3n) is 3.40. The summed E-state index contributed by atoms with van der Waals surface area (Å²) >= 11 is 0. The third kappa shape index (κ3) is 2.45. The molecule has 0 fully saturated rings. The zero-order chi connectivity index (χ0) is 13.2. The lowest BCUT2D eigenvalue weighted by atomic mass is 10.0. The number of amides is 1. The van der Waals surface area contributed by atoms with Crippen molar-refractivity contribution in [2.75, 3.05) is 10.6 Å². The molecule has 3 rings (SSSR count). The van der Waals surface area contributed by atoms with Crippen LogP contribution in [0.25, 0.3) is 0 Å². The van der Waals surface area contributed by atoms with Crippen LogP contribution >= 0.6 is 0 Å². The Labute approximate surface area is 112 Å². The first-order valence-electron chi connectivity index (χ1n) is 6.44. The minimum absolute atomic E-state index is 0.0178. The molecule has 0 saturated carbocycles. The highest BCUT2D eigenvalue weighted by atomic mass is 16.1. The summed E-state index contributed by atoms with van der Waals surface area (Å²) in [4.78, 5) is 11.9. The average molecular weight is 252 g/mol. The number of carbonyl (C=O) groups is 1. The number of nitrogens with one attached hydrogen (secondary N) is 2. The molecular weight excluding hydrogens is 236 g/mol. The monoisotopic (exact) mass is 252 g/mol. The molecule has 2 N–H and O–H groups in total. The molecule has 0 aromatic heterocycles. The maximum Gasteiger partial charge on any atom is 0.226 e. The van der Waals surface area contributed by atoms with E-state index in [0.29, 0.717) is 6.42 Å². The van der Waals surface area contributed by atoms with Crippen LogP contribution in [-0.2, 0) is 4.79 Å². The Morgan fingerprint density at radius 1 is 1.00 bits per heavy atom. The second-order valence-corrected chi connectivity index (χ2v) is 4.91. The lowest BCUT2D eigenvalue weighted by molar-refractivity contribution is -0.116. The molecule has 1 aliphatic rings. The molecule has 1 amide bonds. The summed E-state index contributed by atoms with van der Waals surface area (Å²) in [5, 5.41) is 6.37. The fraction of sp³-hybridized carbons (Fsp3) is 0.188. The van der Waals surface area contributed by atoms with Crippen molar-refractivity contribution in [3.05, 3.63) is 59.7 Å². The second kappa shape index (κ2) is 4.76. The van der Waals surface area contributed by atoms with Gasteiger partial charge >= 0.3 is 0 Å². The van der Waals surface area contributed by atoms with Crippen LogP contribution in [0.1, 0.15) is 23.6 Å². The molecule has 0 radical (unpaired) electrons. The summed E-state index contributed by atoms with van der Waals surface area (Å²) in [5.74, 6) is 0.0445. The van der Waals surface area contributed by atoms with E-state index in [9.17, 15) is 4.79 Å². The maximum absolute atomic E-state index is 11.9. The molecule has 0 unspecified atom stereocenters. The zero-order valence-electron chi connectivity index (χ0n) is 10.8. The van der Waals surface area contributed by atoms with Crippen molar-refractivity contribution < 1.29 is 4.79 Å². The van der Waals surface area contributed by atoms with Gasteiger partial charge < -0.3 is 10.6 Å². The van der Waals surface area contributed by atoms with Gasteiger partial charge in [0.05, 0.1) is 23.8 Å². The molecule has 19 heavy (non-hydrogen) atoms. The quantitative estimate of drug-likeness (QED) is 0.815. The molecule has 96 valence electrons. The minimum Gasteiger partial charge on any atom is -0.376 e. The van der Waals surface area contributed by atoms with E-state index < -0.39 is 0 Å². The number of hydrogen-bond donors (Lipinski definition) is 2. The first kappa shape index (κ1) is 11.8. The van der Waals surface area contributed by atoms with E-state index >= 15 is 0 Å². The highest BCUT2D eigenvalue weighted by molar-refractivity contribution is 5.96. The molecule has 0 bridgehead atoms. The lowest BCUT2D eigenvalue weighted by Crippen LogP contribution is -2.15. The predicted octanol–water partition coefficient (Wildman–Crippen LogP) is 3.49. The van der Waals surface area contributed by atoms with Crippen LogP contribution < -0.4 is 10.6 Å². The first-order chi connectivity index (χ1) is 9.22. The average Bonchev–Trinajstić information content (AvgIpc) is 2.57. The number of carbonyl (C=O) groups excluding carboxylic acids is 1. The molecule has 0 aliphatic carbocycles. The van der Waals surface area contributed by atoms with Crippen LogP contribution in [0.4, 0.5) is 11.4 Å². The molecule has 2 aromatic carbocycles. The van der Waals surface area contributed by atoms with Crippen molar-refractivity contribution in [3.63, 3.8) is 0 Å². The van der Waals surface area contributed by atoms with Crippen LogP contribution in [0.5, 0.6) is 0 Å². The molecule has 0 spiro atoms. The van der Waals surface area contributed by atoms with Crippen LogP contribution in [-0.4, -0.2) is 5.91 Å². The Hall–Kier alpha value is -2.29. The van der Waals surface area contributed by atoms with Crippen molar-refractivity contribution in [1.82, 2.24) is 0 Å². The van der Waals surface area contributed by atoms with Gasteiger partial charge in [-0.3, -0.25) is 4.79 Å². The van der Waals surface area contributed by atoms with E-state index in [4.69, 9.17) is 0 Å². The predicted molar refractivity (Wildman–Crippen MR) is 77.2 cm³/mol. The van der Waals surface area contributed by atoms with Crippen molar-refractivity contribution in [2.45, 2.75) is 19.4 Å². The fourth-order valence-corrected chi connectivity index (χ4v) is 2.34. The van der Waals surface area contributed by atoms with E-state index in [1.165, 1.54) is 5.56 Å². The van der Waals surface area contributed by atoms with E-state index in [-0.39, 0.29) is 11.9 Å². The van der Waals surface area contributed by atoms with Gasteiger partial charge in [0, 0.05) is 0 Å². The summed E-state index contributed by atoms with van der Waals surface area (Å²) < 4.78 is 0. The Bertz CT molecular complexity index is 604.